The number of allylic oxidation sites excluding steroid dienone is 2. The Balaban J connectivity index is 2.28. The van der Waals surface area contributed by atoms with Gasteiger partial charge in [-0.3, -0.25) is 0 Å². The molecule has 1 saturated carbocycles. The van der Waals surface area contributed by atoms with Crippen molar-refractivity contribution in [3.05, 3.63) is 11.6 Å². The lowest BCUT2D eigenvalue weighted by Crippen LogP contribution is -2.33. The van der Waals surface area contributed by atoms with Gasteiger partial charge in [0, 0.05) is 0 Å². The molecule has 2 atom stereocenters. The van der Waals surface area contributed by atoms with E-state index >= 15 is 0 Å². The van der Waals surface area contributed by atoms with Gasteiger partial charge in [-0.15, -0.1) is 31.5 Å². The monoisotopic (exact) mass is 346 g/mol. The Morgan fingerprint density at radius 2 is 2.06 bits per heavy atom. The highest BCUT2D eigenvalue weighted by atomic mass is 79.9. The molecule has 3 heteroatoms. The third kappa shape index (κ3) is 2.19. The van der Waals surface area contributed by atoms with E-state index in [1.807, 2.05) is 0 Å². The van der Waals surface area contributed by atoms with Crippen molar-refractivity contribution >= 4 is 35.9 Å². The van der Waals surface area contributed by atoms with Gasteiger partial charge in [0.25, 0.3) is 0 Å². The average Bonchev–Trinajstić information content (AvgIpc) is 2.59. The summed E-state index contributed by atoms with van der Waals surface area (Å²) in [7, 11) is 0. The van der Waals surface area contributed by atoms with E-state index in [1.165, 1.54) is 32.1 Å². The first kappa shape index (κ1) is 13.2. The molecule has 0 aromatic carbocycles. The van der Waals surface area contributed by atoms with Gasteiger partial charge in [-0.05, 0) is 29.5 Å². The van der Waals surface area contributed by atoms with Gasteiger partial charge in [-0.2, -0.15) is 0 Å². The number of hydrogen-bond donors (Lipinski definition) is 0. The number of rotatable bonds is 1. The second-order valence-corrected chi connectivity index (χ2v) is 9.57. The molecule has 16 heavy (non-hydrogen) atoms. The molecule has 0 aliphatic heterocycles. The molecule has 0 saturated heterocycles. The van der Waals surface area contributed by atoms with Gasteiger partial charge in [0.15, 0.2) is 0 Å². The zero-order valence-corrected chi connectivity index (χ0v) is 13.7. The average molecular weight is 348 g/mol. The highest BCUT2D eigenvalue weighted by Crippen LogP contribution is 2.63. The lowest BCUT2D eigenvalue weighted by atomic mass is 9.53. The topological polar surface area (TPSA) is 0 Å². The summed E-state index contributed by atoms with van der Waals surface area (Å²) in [5.41, 5.74) is 2.00. The fourth-order valence-corrected chi connectivity index (χ4v) is 4.93. The Morgan fingerprint density at radius 3 is 2.62 bits per heavy atom. The van der Waals surface area contributed by atoms with Gasteiger partial charge in [0.05, 0.1) is 0 Å². The Kier molecular flexibility index (Phi) is 3.68. The molecule has 1 fully saturated rings. The Labute approximate surface area is 117 Å². The maximum atomic E-state index is 3.82. The predicted octanol–water partition coefficient (Wildman–Crippen LogP) is 5.57. The van der Waals surface area contributed by atoms with Crippen LogP contribution in [0.25, 0.3) is 0 Å². The van der Waals surface area contributed by atoms with E-state index in [0.717, 1.165) is 5.92 Å². The minimum Gasteiger partial charge on any atom is -0.139 e. The van der Waals surface area contributed by atoms with Crippen molar-refractivity contribution in [3.8, 4) is 0 Å². The van der Waals surface area contributed by atoms with Crippen molar-refractivity contribution in [1.29, 1.82) is 0 Å². The minimum absolute atomic E-state index is 0.343. The van der Waals surface area contributed by atoms with Crippen molar-refractivity contribution in [3.63, 3.8) is 0 Å². The van der Waals surface area contributed by atoms with E-state index in [4.69, 9.17) is 0 Å². The molecule has 2 rings (SSSR count). The second kappa shape index (κ2) is 4.46. The molecule has 0 spiro atoms. The molecule has 0 aromatic rings. The summed E-state index contributed by atoms with van der Waals surface area (Å²) in [6.07, 6.45) is 9.30. The van der Waals surface area contributed by atoms with Crippen molar-refractivity contribution in [2.75, 3.05) is 0 Å². The highest BCUT2D eigenvalue weighted by Gasteiger charge is 2.50. The third-order valence-electron chi connectivity index (χ3n) is 4.57. The van der Waals surface area contributed by atoms with E-state index in [-0.39, 0.29) is 0 Å². The van der Waals surface area contributed by atoms with Gasteiger partial charge < -0.3 is 0 Å². The minimum atomic E-state index is 0.343. The van der Waals surface area contributed by atoms with Crippen LogP contribution >= 0.6 is 31.5 Å². The first-order valence-electron chi connectivity index (χ1n) is 6.34. The molecule has 2 aliphatic rings. The standard InChI is InChI=1S/C13H21BBr2/c1-12(2,3)11-7-6-10-5-4-8-13(10,9-11)14(15)16/h7,10H,4-6,8-9H2,1-3H3/t10-,13-/m0/s1. The predicted molar refractivity (Wildman–Crippen MR) is 80.4 cm³/mol. The van der Waals surface area contributed by atoms with Crippen LogP contribution in [0.1, 0.15) is 52.9 Å². The molecular formula is C13H21BBr2. The first-order valence-corrected chi connectivity index (χ1v) is 8.17. The molecule has 0 unspecified atom stereocenters. The van der Waals surface area contributed by atoms with Crippen molar-refractivity contribution < 1.29 is 0 Å². The van der Waals surface area contributed by atoms with E-state index in [1.54, 1.807) is 5.57 Å². The largest absolute Gasteiger partial charge is 0.305 e. The van der Waals surface area contributed by atoms with Gasteiger partial charge in [0.2, 0.25) is 0 Å². The van der Waals surface area contributed by atoms with E-state index in [0.29, 0.717) is 15.1 Å². The van der Waals surface area contributed by atoms with E-state index < -0.39 is 0 Å². The zero-order chi connectivity index (χ0) is 12.0. The summed E-state index contributed by atoms with van der Waals surface area (Å²) in [4.78, 5) is 0. The third-order valence-corrected chi connectivity index (χ3v) is 6.40. The SMILES string of the molecule is CC(C)(C)C1=CC[C@@H]2CCC[C@]2(B(Br)Br)C1. The van der Waals surface area contributed by atoms with Crippen LogP contribution in [0.2, 0.25) is 5.31 Å². The number of fused-ring (bicyclic) bond motifs is 1. The van der Waals surface area contributed by atoms with Crippen LogP contribution in [0, 0.1) is 11.3 Å². The lowest BCUT2D eigenvalue weighted by molar-refractivity contribution is 0.345. The summed E-state index contributed by atoms with van der Waals surface area (Å²) >= 11 is 7.63. The molecule has 2 aliphatic carbocycles. The van der Waals surface area contributed by atoms with Crippen molar-refractivity contribution in [2.24, 2.45) is 11.3 Å². The molecule has 90 valence electrons. The summed E-state index contributed by atoms with van der Waals surface area (Å²) in [6.45, 7) is 7.04. The second-order valence-electron chi connectivity index (χ2n) is 6.51. The highest BCUT2D eigenvalue weighted by molar-refractivity contribution is 9.49. The fourth-order valence-electron chi connectivity index (χ4n) is 3.40. The Hall–Kier alpha value is 0.765. The molecule has 0 nitrogen and oxygen atoms in total. The van der Waals surface area contributed by atoms with Crippen molar-refractivity contribution in [2.45, 2.75) is 58.2 Å². The van der Waals surface area contributed by atoms with Crippen molar-refractivity contribution in [1.82, 2.24) is 0 Å². The van der Waals surface area contributed by atoms with E-state index in [9.17, 15) is 0 Å². The molecule has 0 amide bonds. The molecule has 0 radical (unpaired) electrons. The van der Waals surface area contributed by atoms with Crippen LogP contribution in [0.5, 0.6) is 0 Å². The smallest absolute Gasteiger partial charge is 0.139 e. The molecule has 0 aromatic heterocycles. The zero-order valence-electron chi connectivity index (χ0n) is 10.5. The molecule has 0 bridgehead atoms. The molecule has 0 N–H and O–H groups in total. The van der Waals surface area contributed by atoms with Crippen LogP contribution in [0.4, 0.5) is 0 Å². The summed E-state index contributed by atoms with van der Waals surface area (Å²) in [5.74, 6) is 0.891. The summed E-state index contributed by atoms with van der Waals surface area (Å²) < 4.78 is 0.478. The van der Waals surface area contributed by atoms with Gasteiger partial charge in [-0.25, -0.2) is 0 Å². The number of halogens is 2. The normalized spacial score (nSPS) is 34.6. The van der Waals surface area contributed by atoms with Crippen LogP contribution in [-0.2, 0) is 0 Å². The maximum absolute atomic E-state index is 3.82. The van der Waals surface area contributed by atoms with Crippen LogP contribution in [-0.4, -0.2) is 4.36 Å². The molecule has 0 heterocycles. The maximum Gasteiger partial charge on any atom is 0.305 e. The number of hydrogen-bond acceptors (Lipinski definition) is 0. The van der Waals surface area contributed by atoms with Crippen LogP contribution in [0.15, 0.2) is 11.6 Å². The fraction of sp³-hybridized carbons (Fsp3) is 0.846. The van der Waals surface area contributed by atoms with Crippen LogP contribution in [0.3, 0.4) is 0 Å². The van der Waals surface area contributed by atoms with Gasteiger partial charge in [0.1, 0.15) is 0 Å². The lowest BCUT2D eigenvalue weighted by Gasteiger charge is -2.43. The molecular weight excluding hydrogens is 327 g/mol. The first-order chi connectivity index (χ1) is 7.36. The quantitative estimate of drug-likeness (QED) is 0.429. The summed E-state index contributed by atoms with van der Waals surface area (Å²) in [6, 6.07) is 0. The Bertz CT molecular complexity index is 304. The Morgan fingerprint density at radius 1 is 1.38 bits per heavy atom. The van der Waals surface area contributed by atoms with E-state index in [2.05, 4.69) is 58.4 Å². The summed E-state index contributed by atoms with van der Waals surface area (Å²) in [5, 5.41) is 0.483. The van der Waals surface area contributed by atoms with Gasteiger partial charge in [-0.1, -0.05) is 51.7 Å². The van der Waals surface area contributed by atoms with Gasteiger partial charge >= 0.3 is 4.36 Å². The van der Waals surface area contributed by atoms with Crippen LogP contribution < -0.4 is 0 Å².